The van der Waals surface area contributed by atoms with Gasteiger partial charge in [0.05, 0.1) is 0 Å². The monoisotopic (exact) mass is 519 g/mol. The molecule has 3 rings (SSSR count). The maximum Gasteiger partial charge on any atom is 0.372 e. The lowest BCUT2D eigenvalue weighted by molar-refractivity contribution is 0.0685. The Balaban J connectivity index is 0.000000360. The number of benzene rings is 1. The zero-order chi connectivity index (χ0) is 25.5. The van der Waals surface area contributed by atoms with Crippen LogP contribution < -0.4 is 4.74 Å². The molecule has 3 aromatic rings. The number of thioether (sulfide) groups is 1. The van der Waals surface area contributed by atoms with Crippen molar-refractivity contribution < 1.29 is 23.8 Å². The van der Waals surface area contributed by atoms with Crippen LogP contribution in [0.1, 0.15) is 55.9 Å². The molecule has 0 saturated heterocycles. The van der Waals surface area contributed by atoms with Crippen molar-refractivity contribution in [2.75, 3.05) is 5.75 Å². The molecule has 0 amide bonds. The molecule has 0 radical (unpaired) electrons. The van der Waals surface area contributed by atoms with Crippen molar-refractivity contribution in [1.82, 2.24) is 15.2 Å². The molecule has 0 aliphatic carbocycles. The number of aromatic nitrogens is 3. The van der Waals surface area contributed by atoms with Crippen LogP contribution in [0, 0.1) is 5.82 Å². The van der Waals surface area contributed by atoms with Crippen LogP contribution in [-0.2, 0) is 0 Å². The van der Waals surface area contributed by atoms with Crippen LogP contribution in [0.25, 0.3) is 11.3 Å². The number of carboxylic acids is 1. The fraction of sp³-hybridized carbons (Fsp3) is 0.320. The van der Waals surface area contributed by atoms with Gasteiger partial charge >= 0.3 is 11.3 Å². The van der Waals surface area contributed by atoms with E-state index in [2.05, 4.69) is 22.1 Å². The van der Waals surface area contributed by atoms with E-state index < -0.39 is 17.5 Å². The van der Waals surface area contributed by atoms with Gasteiger partial charge in [0.2, 0.25) is 0 Å². The Morgan fingerprint density at radius 1 is 1.03 bits per heavy atom. The van der Waals surface area contributed by atoms with Crippen LogP contribution in [0.15, 0.2) is 54.7 Å². The molecule has 186 valence electrons. The van der Waals surface area contributed by atoms with Gasteiger partial charge in [-0.3, -0.25) is 0 Å². The second-order valence-electron chi connectivity index (χ2n) is 7.35. The van der Waals surface area contributed by atoms with E-state index in [-0.39, 0.29) is 10.5 Å². The first-order chi connectivity index (χ1) is 16.9. The third-order valence-corrected chi connectivity index (χ3v) is 5.65. The van der Waals surface area contributed by atoms with Crippen LogP contribution in [0.4, 0.5) is 9.18 Å². The summed E-state index contributed by atoms with van der Waals surface area (Å²) < 4.78 is 17.9. The lowest BCUT2D eigenvalue weighted by Gasteiger charge is -2.09. The molecule has 0 aliphatic heterocycles. The highest BCUT2D eigenvalue weighted by atomic mass is 35.5. The highest BCUT2D eigenvalue weighted by Gasteiger charge is 2.14. The van der Waals surface area contributed by atoms with Gasteiger partial charge in [-0.05, 0) is 30.3 Å². The van der Waals surface area contributed by atoms with E-state index in [1.807, 2.05) is 30.3 Å². The van der Waals surface area contributed by atoms with Crippen molar-refractivity contribution in [3.63, 3.8) is 0 Å². The van der Waals surface area contributed by atoms with Gasteiger partial charge in [0.15, 0.2) is 22.4 Å². The van der Waals surface area contributed by atoms with E-state index >= 15 is 0 Å². The summed E-state index contributed by atoms with van der Waals surface area (Å²) in [6.07, 6.45) is 8.43. The molecule has 1 N–H and O–H groups in total. The molecule has 0 bridgehead atoms. The maximum atomic E-state index is 12.4. The van der Waals surface area contributed by atoms with Crippen LogP contribution in [0.2, 0.25) is 5.15 Å². The third-order valence-electron chi connectivity index (χ3n) is 4.65. The van der Waals surface area contributed by atoms with E-state index in [4.69, 9.17) is 21.4 Å². The highest BCUT2D eigenvalue weighted by molar-refractivity contribution is 8.13. The fourth-order valence-electron chi connectivity index (χ4n) is 2.93. The molecule has 35 heavy (non-hydrogen) atoms. The topological polar surface area (TPSA) is 102 Å². The second-order valence-corrected chi connectivity index (χ2v) is 8.77. The van der Waals surface area contributed by atoms with E-state index in [0.29, 0.717) is 11.4 Å². The molecule has 0 fully saturated rings. The predicted octanol–water partition coefficient (Wildman–Crippen LogP) is 7.31. The van der Waals surface area contributed by atoms with E-state index in [1.54, 1.807) is 0 Å². The lowest BCUT2D eigenvalue weighted by Crippen LogP contribution is -2.04. The smallest absolute Gasteiger partial charge is 0.372 e. The largest absolute Gasteiger partial charge is 0.476 e. The number of carboxylic acid groups (broad SMARTS) is 1. The number of hydrogen-bond acceptors (Lipinski definition) is 7. The van der Waals surface area contributed by atoms with Crippen molar-refractivity contribution >= 4 is 34.6 Å². The van der Waals surface area contributed by atoms with Crippen molar-refractivity contribution in [2.45, 2.75) is 45.4 Å². The summed E-state index contributed by atoms with van der Waals surface area (Å²) >= 11 is 7.10. The van der Waals surface area contributed by atoms with Crippen LogP contribution in [0.3, 0.4) is 0 Å². The first-order valence-electron chi connectivity index (χ1n) is 11.2. The Labute approximate surface area is 213 Å². The Bertz CT molecular complexity index is 1090. The molecule has 0 saturated carbocycles. The summed E-state index contributed by atoms with van der Waals surface area (Å²) in [6.45, 7) is 2.20. The van der Waals surface area contributed by atoms with Crippen molar-refractivity contribution in [3.8, 4) is 17.0 Å². The number of rotatable bonds is 10. The summed E-state index contributed by atoms with van der Waals surface area (Å²) in [4.78, 5) is 25.5. The molecule has 2 aromatic heterocycles. The summed E-state index contributed by atoms with van der Waals surface area (Å²) in [5.41, 5.74) is 0.802. The van der Waals surface area contributed by atoms with E-state index in [0.717, 1.165) is 30.2 Å². The molecular formula is C25H27ClFN3O4S. The Morgan fingerprint density at radius 3 is 2.40 bits per heavy atom. The minimum absolute atomic E-state index is 0.198. The zero-order valence-corrected chi connectivity index (χ0v) is 20.9. The molecule has 1 aromatic carbocycles. The van der Waals surface area contributed by atoms with Gasteiger partial charge < -0.3 is 9.84 Å². The van der Waals surface area contributed by atoms with Gasteiger partial charge in [-0.15, -0.1) is 10.2 Å². The predicted molar refractivity (Wildman–Crippen MR) is 135 cm³/mol. The number of hydrogen-bond donors (Lipinski definition) is 1. The summed E-state index contributed by atoms with van der Waals surface area (Å²) in [7, 11) is 0. The second kappa shape index (κ2) is 15.8. The average molecular weight is 520 g/mol. The summed E-state index contributed by atoms with van der Waals surface area (Å²) in [6, 6.07) is 13.4. The molecule has 10 heteroatoms. The molecular weight excluding hydrogens is 493 g/mol. The number of nitrogens with zero attached hydrogens (tertiary/aromatic N) is 3. The SMILES string of the molecule is CCCCCCCCSC(=O)Oc1cc(Cl)nnc1-c1ccccc1.O=C(O)c1ncccc1F. The Kier molecular flexibility index (Phi) is 12.7. The minimum atomic E-state index is -1.35. The van der Waals surface area contributed by atoms with Gasteiger partial charge in [-0.1, -0.05) is 81.0 Å². The maximum absolute atomic E-state index is 12.4. The van der Waals surface area contributed by atoms with Crippen LogP contribution >= 0.6 is 23.4 Å². The number of ether oxygens (including phenoxy) is 1. The summed E-state index contributed by atoms with van der Waals surface area (Å²) in [5.74, 6) is -1.06. The Morgan fingerprint density at radius 2 is 1.74 bits per heavy atom. The molecule has 0 spiro atoms. The number of pyridine rings is 1. The first kappa shape index (κ1) is 28.2. The average Bonchev–Trinajstić information content (AvgIpc) is 2.85. The van der Waals surface area contributed by atoms with Gasteiger partial charge in [-0.25, -0.2) is 19.0 Å². The van der Waals surface area contributed by atoms with Crippen molar-refractivity contribution in [3.05, 3.63) is 71.4 Å². The van der Waals surface area contributed by atoms with Gasteiger partial charge in [-0.2, -0.15) is 0 Å². The minimum Gasteiger partial charge on any atom is -0.476 e. The van der Waals surface area contributed by atoms with E-state index in [9.17, 15) is 14.0 Å². The summed E-state index contributed by atoms with van der Waals surface area (Å²) in [5, 5.41) is 16.0. The van der Waals surface area contributed by atoms with Gasteiger partial charge in [0.1, 0.15) is 5.69 Å². The number of aromatic carboxylic acids is 1. The standard InChI is InChI=1S/C19H23ClN2O2S.C6H4FNO2/c1-2-3-4-5-6-10-13-25-19(23)24-16-14-17(20)21-22-18(16)15-11-8-7-9-12-15;7-4-2-1-3-8-5(4)6(9)10/h7-9,11-12,14H,2-6,10,13H2,1H3;1-3H,(H,9,10). The number of carbonyl (C=O) groups excluding carboxylic acids is 1. The molecule has 0 atom stereocenters. The molecule has 7 nitrogen and oxygen atoms in total. The lowest BCUT2D eigenvalue weighted by atomic mass is 10.1. The first-order valence-corrected chi connectivity index (χ1v) is 12.6. The third kappa shape index (κ3) is 10.4. The normalized spacial score (nSPS) is 10.3. The number of carbonyl (C=O) groups is 2. The van der Waals surface area contributed by atoms with Gasteiger partial charge in [0, 0.05) is 23.6 Å². The highest BCUT2D eigenvalue weighted by Crippen LogP contribution is 2.30. The van der Waals surface area contributed by atoms with Crippen molar-refractivity contribution in [1.29, 1.82) is 0 Å². The van der Waals surface area contributed by atoms with Gasteiger partial charge in [0.25, 0.3) is 0 Å². The number of unbranched alkanes of at least 4 members (excludes halogenated alkanes) is 5. The molecule has 2 heterocycles. The van der Waals surface area contributed by atoms with Crippen molar-refractivity contribution in [2.24, 2.45) is 0 Å². The number of halogens is 2. The molecule has 0 unspecified atom stereocenters. The fourth-order valence-corrected chi connectivity index (χ4v) is 3.73. The quantitative estimate of drug-likeness (QED) is 0.220. The molecule has 0 aliphatic rings. The van der Waals surface area contributed by atoms with Crippen LogP contribution in [0.5, 0.6) is 5.75 Å². The zero-order valence-electron chi connectivity index (χ0n) is 19.3. The Hall–Kier alpha value is -3.04. The van der Waals surface area contributed by atoms with E-state index in [1.165, 1.54) is 55.8 Å². The van der Waals surface area contributed by atoms with Crippen LogP contribution in [-0.4, -0.2) is 37.3 Å².